The molecule has 0 amide bonds. The molecule has 0 saturated carbocycles. The third kappa shape index (κ3) is 3.58. The number of anilines is 1. The quantitative estimate of drug-likeness (QED) is 0.518. The first-order chi connectivity index (χ1) is 13.7. The Morgan fingerprint density at radius 1 is 0.786 bits per heavy atom. The van der Waals surface area contributed by atoms with Crippen molar-refractivity contribution in [3.8, 4) is 0 Å². The Bertz CT molecular complexity index is 1050. The molecule has 1 fully saturated rings. The summed E-state index contributed by atoms with van der Waals surface area (Å²) < 4.78 is 0. The van der Waals surface area contributed by atoms with Gasteiger partial charge in [-0.2, -0.15) is 10.1 Å². The van der Waals surface area contributed by atoms with Gasteiger partial charge in [-0.3, -0.25) is 10.3 Å². The Morgan fingerprint density at radius 2 is 1.36 bits per heavy atom. The Balaban J connectivity index is 1.76. The van der Waals surface area contributed by atoms with Crippen LogP contribution in [0.1, 0.15) is 5.56 Å². The third-order valence-electron chi connectivity index (χ3n) is 4.13. The first-order valence-electron chi connectivity index (χ1n) is 8.75. The lowest BCUT2D eigenvalue weighted by Crippen LogP contribution is -2.31. The molecule has 0 unspecified atom stereocenters. The van der Waals surface area contributed by atoms with Crippen LogP contribution in [0.15, 0.2) is 101 Å². The van der Waals surface area contributed by atoms with Crippen LogP contribution in [0.2, 0.25) is 0 Å². The smallest absolute Gasteiger partial charge is 0.231 e. The fourth-order valence-electron chi connectivity index (χ4n) is 2.79. The number of hydrazone groups is 1. The molecular weight excluding hydrogens is 366 g/mol. The van der Waals surface area contributed by atoms with Crippen LogP contribution in [0.25, 0.3) is 0 Å². The zero-order valence-electron chi connectivity index (χ0n) is 14.9. The summed E-state index contributed by atoms with van der Waals surface area (Å²) in [6.07, 6.45) is 1.70. The first-order valence-corrected chi connectivity index (χ1v) is 9.16. The Kier molecular flexibility index (Phi) is 5.03. The summed E-state index contributed by atoms with van der Waals surface area (Å²) in [6, 6.07) is 28.8. The van der Waals surface area contributed by atoms with E-state index in [0.717, 1.165) is 16.9 Å². The van der Waals surface area contributed by atoms with E-state index in [1.807, 2.05) is 91.0 Å². The van der Waals surface area contributed by atoms with Crippen molar-refractivity contribution in [3.63, 3.8) is 0 Å². The van der Waals surface area contributed by atoms with Crippen molar-refractivity contribution < 1.29 is 0 Å². The van der Waals surface area contributed by atoms with Gasteiger partial charge in [-0.1, -0.05) is 78.9 Å². The molecule has 1 aliphatic heterocycles. The summed E-state index contributed by atoms with van der Waals surface area (Å²) in [5.74, 6) is 0.584. The third-order valence-corrected chi connectivity index (χ3v) is 4.50. The largest absolute Gasteiger partial charge is 0.267 e. The van der Waals surface area contributed by atoms with Gasteiger partial charge in [0.15, 0.2) is 10.8 Å². The van der Waals surface area contributed by atoms with Gasteiger partial charge >= 0.3 is 0 Å². The number of benzene rings is 3. The molecule has 1 aliphatic rings. The molecule has 5 nitrogen and oxygen atoms in total. The fourth-order valence-corrected chi connectivity index (χ4v) is 3.12. The SMILES string of the molecule is N=C1N(/N=C\c2ccccc2)C(=Nc2ccccc2)C(=S)N1c1ccccc1. The fraction of sp³-hybridized carbons (Fsp3) is 0. The van der Waals surface area contributed by atoms with Gasteiger partial charge in [0.25, 0.3) is 0 Å². The maximum atomic E-state index is 8.66. The summed E-state index contributed by atoms with van der Waals surface area (Å²) in [5.41, 5.74) is 2.48. The number of hydrogen-bond acceptors (Lipinski definition) is 4. The number of para-hydroxylation sites is 2. The molecule has 1 heterocycles. The second-order valence-corrected chi connectivity index (χ2v) is 6.42. The monoisotopic (exact) mass is 383 g/mol. The summed E-state index contributed by atoms with van der Waals surface area (Å²) >= 11 is 5.67. The van der Waals surface area contributed by atoms with Crippen molar-refractivity contribution in [2.24, 2.45) is 10.1 Å². The number of amidine groups is 1. The highest BCUT2D eigenvalue weighted by Crippen LogP contribution is 2.25. The van der Waals surface area contributed by atoms with Crippen LogP contribution < -0.4 is 4.90 Å². The second kappa shape index (κ2) is 7.94. The zero-order chi connectivity index (χ0) is 19.3. The van der Waals surface area contributed by atoms with E-state index in [0.29, 0.717) is 10.8 Å². The average molecular weight is 383 g/mol. The molecule has 0 aliphatic carbocycles. The summed E-state index contributed by atoms with van der Waals surface area (Å²) in [7, 11) is 0. The van der Waals surface area contributed by atoms with E-state index in [1.54, 1.807) is 11.1 Å². The molecule has 0 bridgehead atoms. The van der Waals surface area contributed by atoms with E-state index in [9.17, 15) is 0 Å². The van der Waals surface area contributed by atoms with Gasteiger partial charge in [0, 0.05) is 0 Å². The minimum Gasteiger partial charge on any atom is -0.267 e. The summed E-state index contributed by atoms with van der Waals surface area (Å²) in [6.45, 7) is 0. The van der Waals surface area contributed by atoms with E-state index in [1.165, 1.54) is 5.01 Å². The maximum Gasteiger partial charge on any atom is 0.231 e. The number of nitrogens with one attached hydrogen (secondary N) is 1. The summed E-state index contributed by atoms with van der Waals surface area (Å²) in [4.78, 5) is 6.77. The Hall–Kier alpha value is -3.64. The van der Waals surface area contributed by atoms with Gasteiger partial charge in [0.2, 0.25) is 5.96 Å². The van der Waals surface area contributed by atoms with E-state index < -0.39 is 0 Å². The summed E-state index contributed by atoms with van der Waals surface area (Å²) in [5, 5.41) is 14.6. The number of rotatable bonds is 4. The van der Waals surface area contributed by atoms with Crippen LogP contribution in [0.4, 0.5) is 11.4 Å². The first kappa shape index (κ1) is 17.8. The van der Waals surface area contributed by atoms with Crippen molar-refractivity contribution in [3.05, 3.63) is 96.6 Å². The topological polar surface area (TPSA) is 55.1 Å². The Labute approximate surface area is 168 Å². The van der Waals surface area contributed by atoms with Crippen molar-refractivity contribution in [1.82, 2.24) is 5.01 Å². The Morgan fingerprint density at radius 3 is 2.00 bits per heavy atom. The lowest BCUT2D eigenvalue weighted by molar-refractivity contribution is 0.671. The zero-order valence-corrected chi connectivity index (χ0v) is 15.8. The molecule has 0 spiro atoms. The van der Waals surface area contributed by atoms with Crippen LogP contribution in [-0.4, -0.2) is 28.0 Å². The number of nitrogens with zero attached hydrogens (tertiary/aromatic N) is 4. The van der Waals surface area contributed by atoms with Crippen LogP contribution in [0.5, 0.6) is 0 Å². The maximum absolute atomic E-state index is 8.66. The van der Waals surface area contributed by atoms with Gasteiger partial charge in [0.1, 0.15) is 0 Å². The lowest BCUT2D eigenvalue weighted by atomic mass is 10.2. The molecule has 3 aromatic rings. The standard InChI is InChI=1S/C22H17N5S/c23-22-26(19-14-8-3-9-15-19)21(28)20(25-18-12-6-2-7-13-18)27(22)24-16-17-10-4-1-5-11-17/h1-16,23H/b23-22?,24-16-,25-20?. The highest BCUT2D eigenvalue weighted by molar-refractivity contribution is 7.82. The number of hydrogen-bond donors (Lipinski definition) is 1. The van der Waals surface area contributed by atoms with E-state index in [4.69, 9.17) is 17.6 Å². The van der Waals surface area contributed by atoms with Gasteiger partial charge < -0.3 is 0 Å². The van der Waals surface area contributed by atoms with Gasteiger partial charge in [-0.15, -0.1) is 0 Å². The minimum atomic E-state index is 0.137. The predicted molar refractivity (Wildman–Crippen MR) is 119 cm³/mol. The van der Waals surface area contributed by atoms with E-state index >= 15 is 0 Å². The molecule has 1 saturated heterocycles. The molecular formula is C22H17N5S. The number of aliphatic imine (C=N–C) groups is 1. The van der Waals surface area contributed by atoms with Crippen LogP contribution in [-0.2, 0) is 0 Å². The highest BCUT2D eigenvalue weighted by atomic mass is 32.1. The van der Waals surface area contributed by atoms with E-state index in [-0.39, 0.29) is 5.96 Å². The normalized spacial score (nSPS) is 15.8. The molecule has 28 heavy (non-hydrogen) atoms. The average Bonchev–Trinajstić information content (AvgIpc) is 2.98. The van der Waals surface area contributed by atoms with Crippen molar-refractivity contribution in [2.45, 2.75) is 0 Å². The molecule has 6 heteroatoms. The molecule has 0 aromatic heterocycles. The van der Waals surface area contributed by atoms with Crippen LogP contribution in [0, 0.1) is 5.41 Å². The van der Waals surface area contributed by atoms with Gasteiger partial charge in [-0.25, -0.2) is 4.99 Å². The van der Waals surface area contributed by atoms with Gasteiger partial charge in [0.05, 0.1) is 17.6 Å². The highest BCUT2D eigenvalue weighted by Gasteiger charge is 2.38. The van der Waals surface area contributed by atoms with Crippen molar-refractivity contribution in [1.29, 1.82) is 5.41 Å². The van der Waals surface area contributed by atoms with Gasteiger partial charge in [-0.05, 0) is 29.8 Å². The van der Waals surface area contributed by atoms with Crippen LogP contribution >= 0.6 is 12.2 Å². The van der Waals surface area contributed by atoms with E-state index in [2.05, 4.69) is 10.1 Å². The number of thiocarbonyl (C=S) groups is 1. The molecule has 4 rings (SSSR count). The second-order valence-electron chi connectivity index (χ2n) is 6.04. The lowest BCUT2D eigenvalue weighted by Gasteiger charge is -2.16. The minimum absolute atomic E-state index is 0.137. The molecule has 0 radical (unpaired) electrons. The molecule has 0 atom stereocenters. The van der Waals surface area contributed by atoms with Crippen LogP contribution in [0.3, 0.4) is 0 Å². The molecule has 3 aromatic carbocycles. The molecule has 1 N–H and O–H groups in total. The predicted octanol–water partition coefficient (Wildman–Crippen LogP) is 4.84. The van der Waals surface area contributed by atoms with Crippen molar-refractivity contribution in [2.75, 3.05) is 4.90 Å². The number of guanidine groups is 1. The van der Waals surface area contributed by atoms with Crippen molar-refractivity contribution >= 4 is 46.6 Å². The molecule has 136 valence electrons.